The molecule has 4 rings (SSSR count). The number of ether oxygens (including phenoxy) is 1. The van der Waals surface area contributed by atoms with Crippen LogP contribution in [0, 0.1) is 11.7 Å². The Labute approximate surface area is 180 Å². The van der Waals surface area contributed by atoms with Gasteiger partial charge in [-0.2, -0.15) is 0 Å². The lowest BCUT2D eigenvalue weighted by atomic mass is 9.88. The zero-order valence-electron chi connectivity index (χ0n) is 18.3. The van der Waals surface area contributed by atoms with E-state index in [0.717, 1.165) is 38.6 Å². The summed E-state index contributed by atoms with van der Waals surface area (Å²) in [7, 11) is 3.31. The average Bonchev–Trinajstić information content (AvgIpc) is 3.58. The molecule has 0 bridgehead atoms. The molecule has 0 spiro atoms. The molecule has 2 atom stereocenters. The van der Waals surface area contributed by atoms with Gasteiger partial charge in [0.2, 0.25) is 5.43 Å². The van der Waals surface area contributed by atoms with Gasteiger partial charge in [0.05, 0.1) is 18.0 Å². The number of fused-ring (bicyclic) bond motifs is 1. The molecule has 1 saturated carbocycles. The number of carboxylic acid groups (broad SMARTS) is 1. The third-order valence-electron chi connectivity index (χ3n) is 6.63. The summed E-state index contributed by atoms with van der Waals surface area (Å²) < 4.78 is 22.8. The highest BCUT2D eigenvalue weighted by Crippen LogP contribution is 2.43. The Bertz CT molecular complexity index is 1060. The van der Waals surface area contributed by atoms with E-state index < -0.39 is 17.2 Å². The molecule has 1 aromatic carbocycles. The van der Waals surface area contributed by atoms with E-state index >= 15 is 4.39 Å². The van der Waals surface area contributed by atoms with E-state index in [9.17, 15) is 14.7 Å². The molecule has 2 unspecified atom stereocenters. The molecule has 0 radical (unpaired) electrons. The number of aromatic nitrogens is 1. The van der Waals surface area contributed by atoms with Crippen LogP contribution in [0.1, 0.15) is 55.4 Å². The number of pyridine rings is 1. The fraction of sp³-hybridized carbons (Fsp3) is 0.565. The highest BCUT2D eigenvalue weighted by Gasteiger charge is 2.32. The van der Waals surface area contributed by atoms with E-state index in [2.05, 4.69) is 12.2 Å². The molecule has 2 aromatic rings. The monoisotopic (exact) mass is 431 g/mol. The van der Waals surface area contributed by atoms with Crippen LogP contribution in [-0.4, -0.2) is 48.9 Å². The Morgan fingerprint density at radius 3 is 2.74 bits per heavy atom. The minimum atomic E-state index is -1.31. The molecular formula is C23H30FN3O4. The van der Waals surface area contributed by atoms with Gasteiger partial charge >= 0.3 is 5.97 Å². The average molecular weight is 432 g/mol. The summed E-state index contributed by atoms with van der Waals surface area (Å²) in [5.41, 5.74) is -0.251. The largest absolute Gasteiger partial charge is 0.492 e. The highest BCUT2D eigenvalue weighted by atomic mass is 19.1. The summed E-state index contributed by atoms with van der Waals surface area (Å²) in [5.74, 6) is -1.22. The number of hydrogen-bond donors (Lipinski definition) is 2. The van der Waals surface area contributed by atoms with E-state index in [0.29, 0.717) is 29.7 Å². The molecule has 2 N–H and O–H groups in total. The van der Waals surface area contributed by atoms with E-state index in [-0.39, 0.29) is 22.7 Å². The number of carboxylic acids is 1. The van der Waals surface area contributed by atoms with Gasteiger partial charge in [-0.15, -0.1) is 0 Å². The first-order valence-corrected chi connectivity index (χ1v) is 11.0. The first-order valence-electron chi connectivity index (χ1n) is 11.0. The first-order chi connectivity index (χ1) is 14.9. The number of carbonyl (C=O) groups is 1. The number of benzene rings is 1. The molecule has 1 aromatic heterocycles. The summed E-state index contributed by atoms with van der Waals surface area (Å²) in [5, 5.41) is 13.1. The minimum Gasteiger partial charge on any atom is -0.492 e. The van der Waals surface area contributed by atoms with Crippen molar-refractivity contribution in [1.82, 2.24) is 9.88 Å². The topological polar surface area (TPSA) is 83.8 Å². The number of anilines is 1. The van der Waals surface area contributed by atoms with Gasteiger partial charge in [-0.3, -0.25) is 4.79 Å². The molecule has 31 heavy (non-hydrogen) atoms. The normalized spacial score (nSPS) is 21.3. The number of piperidine rings is 1. The van der Waals surface area contributed by atoms with Crippen LogP contribution >= 0.6 is 0 Å². The van der Waals surface area contributed by atoms with Gasteiger partial charge < -0.3 is 24.6 Å². The second kappa shape index (κ2) is 8.49. The minimum absolute atomic E-state index is 0.0454. The first kappa shape index (κ1) is 21.6. The fourth-order valence-corrected chi connectivity index (χ4v) is 4.94. The maximum absolute atomic E-state index is 15.4. The third kappa shape index (κ3) is 3.89. The zero-order valence-corrected chi connectivity index (χ0v) is 18.3. The van der Waals surface area contributed by atoms with Crippen LogP contribution in [-0.2, 0) is 0 Å². The molecular weight excluding hydrogens is 401 g/mol. The molecule has 7 nitrogen and oxygen atoms in total. The lowest BCUT2D eigenvalue weighted by Crippen LogP contribution is -2.45. The van der Waals surface area contributed by atoms with Crippen molar-refractivity contribution < 1.29 is 19.0 Å². The zero-order chi connectivity index (χ0) is 22.3. The number of rotatable bonds is 7. The quantitative estimate of drug-likeness (QED) is 0.699. The van der Waals surface area contributed by atoms with Gasteiger partial charge in [-0.1, -0.05) is 6.92 Å². The lowest BCUT2D eigenvalue weighted by molar-refractivity contribution is 0.0695. The van der Waals surface area contributed by atoms with E-state index in [4.69, 9.17) is 4.74 Å². The number of aromatic carboxylic acids is 1. The summed E-state index contributed by atoms with van der Waals surface area (Å²) in [6, 6.07) is 1.65. The third-order valence-corrected chi connectivity index (χ3v) is 6.63. The van der Waals surface area contributed by atoms with E-state index in [1.54, 1.807) is 4.57 Å². The van der Waals surface area contributed by atoms with Crippen molar-refractivity contribution in [2.75, 3.05) is 32.1 Å². The van der Waals surface area contributed by atoms with Crippen molar-refractivity contribution in [3.63, 3.8) is 0 Å². The van der Waals surface area contributed by atoms with Crippen LogP contribution < -0.4 is 20.4 Å². The molecule has 8 heteroatoms. The summed E-state index contributed by atoms with van der Waals surface area (Å²) in [6.45, 7) is 3.82. The van der Waals surface area contributed by atoms with Crippen LogP contribution in [0.2, 0.25) is 0 Å². The summed E-state index contributed by atoms with van der Waals surface area (Å²) in [6.07, 6.45) is 6.32. The molecule has 0 amide bonds. The van der Waals surface area contributed by atoms with Gasteiger partial charge in [0.25, 0.3) is 0 Å². The predicted octanol–water partition coefficient (Wildman–Crippen LogP) is 3.40. The Hall–Kier alpha value is -2.61. The van der Waals surface area contributed by atoms with E-state index in [1.807, 2.05) is 11.9 Å². The summed E-state index contributed by atoms with van der Waals surface area (Å²) >= 11 is 0. The standard InChI is InChI=1S/C23H30FN3O4/c1-4-18-13(6-5-9-25-18)11-26(2)20-17(24)10-15-19(22(20)31-3)27(14-7-8-14)12-16(21(15)28)23(29)30/h10,12-14,18,25H,4-9,11H2,1-3H3,(H,29,30). The smallest absolute Gasteiger partial charge is 0.341 e. The fourth-order valence-electron chi connectivity index (χ4n) is 4.94. The van der Waals surface area contributed by atoms with Crippen LogP contribution in [0.3, 0.4) is 0 Å². The lowest BCUT2D eigenvalue weighted by Gasteiger charge is -2.36. The van der Waals surface area contributed by atoms with Gasteiger partial charge in [0.15, 0.2) is 11.6 Å². The van der Waals surface area contributed by atoms with Crippen LogP contribution in [0.5, 0.6) is 5.75 Å². The SMILES string of the molecule is CCC1NCCCC1CN(C)c1c(F)cc2c(=O)c(C(=O)O)cn(C3CC3)c2c1OC. The van der Waals surface area contributed by atoms with Crippen LogP contribution in [0.15, 0.2) is 17.1 Å². The Kier molecular flexibility index (Phi) is 5.92. The molecule has 168 valence electrons. The molecule has 2 fully saturated rings. The molecule has 1 aliphatic carbocycles. The maximum Gasteiger partial charge on any atom is 0.341 e. The van der Waals surface area contributed by atoms with Crippen LogP contribution in [0.4, 0.5) is 10.1 Å². The van der Waals surface area contributed by atoms with Gasteiger partial charge in [0, 0.05) is 31.9 Å². The van der Waals surface area contributed by atoms with Crippen LogP contribution in [0.25, 0.3) is 10.9 Å². The van der Waals surface area contributed by atoms with E-state index in [1.165, 1.54) is 19.4 Å². The number of nitrogens with zero attached hydrogens (tertiary/aromatic N) is 2. The highest BCUT2D eigenvalue weighted by molar-refractivity contribution is 5.97. The number of halogens is 1. The van der Waals surface area contributed by atoms with Crippen molar-refractivity contribution >= 4 is 22.6 Å². The number of nitrogens with one attached hydrogen (secondary N) is 1. The van der Waals surface area contributed by atoms with Crippen molar-refractivity contribution in [1.29, 1.82) is 0 Å². The second-order valence-corrected chi connectivity index (χ2v) is 8.70. The Morgan fingerprint density at radius 2 is 2.13 bits per heavy atom. The molecule has 2 heterocycles. The van der Waals surface area contributed by atoms with Gasteiger partial charge in [-0.25, -0.2) is 9.18 Å². The second-order valence-electron chi connectivity index (χ2n) is 8.70. The molecule has 2 aliphatic rings. The maximum atomic E-state index is 15.4. The van der Waals surface area contributed by atoms with Crippen molar-refractivity contribution in [2.24, 2.45) is 5.92 Å². The number of methoxy groups -OCH3 is 1. The number of hydrogen-bond acceptors (Lipinski definition) is 5. The van der Waals surface area contributed by atoms with Crippen molar-refractivity contribution in [3.8, 4) is 5.75 Å². The molecule has 1 saturated heterocycles. The Morgan fingerprint density at radius 1 is 1.39 bits per heavy atom. The van der Waals surface area contributed by atoms with Gasteiger partial charge in [-0.05, 0) is 50.6 Å². The van der Waals surface area contributed by atoms with Crippen molar-refractivity contribution in [2.45, 2.75) is 51.1 Å². The summed E-state index contributed by atoms with van der Waals surface area (Å²) in [4.78, 5) is 26.3. The van der Waals surface area contributed by atoms with Gasteiger partial charge in [0.1, 0.15) is 11.3 Å². The Balaban J connectivity index is 1.85. The predicted molar refractivity (Wildman–Crippen MR) is 118 cm³/mol. The van der Waals surface area contributed by atoms with Crippen molar-refractivity contribution in [3.05, 3.63) is 33.9 Å². The molecule has 1 aliphatic heterocycles.